The number of nitrogens with zero attached hydrogens (tertiary/aromatic N) is 6. The highest BCUT2D eigenvalue weighted by Gasteiger charge is 2.11. The third-order valence-electron chi connectivity index (χ3n) is 1.72. The average molecular weight is 174 g/mol. The van der Waals surface area contributed by atoms with Crippen molar-refractivity contribution in [3.63, 3.8) is 0 Å². The fourth-order valence-corrected chi connectivity index (χ4v) is 1.18. The molecule has 0 aliphatic carbocycles. The lowest BCUT2D eigenvalue weighted by Crippen LogP contribution is -2.23. The quantitative estimate of drug-likeness (QED) is 0.486. The van der Waals surface area contributed by atoms with Crippen LogP contribution in [-0.4, -0.2) is 25.9 Å². The second-order valence-electron chi connectivity index (χ2n) is 2.44. The molecule has 0 atom stereocenters. The molecule has 0 amide bonds. The van der Waals surface area contributed by atoms with E-state index in [1.165, 1.54) is 12.7 Å². The van der Waals surface area contributed by atoms with E-state index in [4.69, 9.17) is 0 Å². The molecule has 3 rings (SSSR count). The standard InChI is InChI=1S/C6H2N6O/c13-6-11-4-3(7-1-8-4)5-9-2-10-12(5)6/h1-2H. The topological polar surface area (TPSA) is 84.9 Å². The summed E-state index contributed by atoms with van der Waals surface area (Å²) in [6.45, 7) is 0. The van der Waals surface area contributed by atoms with E-state index in [9.17, 15) is 4.79 Å². The highest BCUT2D eigenvalue weighted by molar-refractivity contribution is 5.67. The minimum atomic E-state index is -0.486. The van der Waals surface area contributed by atoms with Crippen LogP contribution in [0, 0.1) is 0 Å². The molecule has 3 heterocycles. The molecule has 0 unspecified atom stereocenters. The molecule has 0 N–H and O–H groups in total. The first kappa shape index (κ1) is 6.35. The zero-order valence-corrected chi connectivity index (χ0v) is 6.25. The van der Waals surface area contributed by atoms with E-state index in [1.54, 1.807) is 0 Å². The monoisotopic (exact) mass is 174 g/mol. The first-order valence-corrected chi connectivity index (χ1v) is 3.50. The molecule has 62 valence electrons. The number of hydrogen-bond acceptors (Lipinski definition) is 6. The Morgan fingerprint density at radius 3 is 3.23 bits per heavy atom. The summed E-state index contributed by atoms with van der Waals surface area (Å²) in [5.74, 6) is 0.311. The molecular formula is C6H2N6O. The third-order valence-corrected chi connectivity index (χ3v) is 1.72. The van der Waals surface area contributed by atoms with Gasteiger partial charge in [0.15, 0.2) is 16.8 Å². The van der Waals surface area contributed by atoms with Crippen LogP contribution >= 0.6 is 0 Å². The zero-order chi connectivity index (χ0) is 8.84. The lowest BCUT2D eigenvalue weighted by molar-refractivity contribution is 0.862. The van der Waals surface area contributed by atoms with Gasteiger partial charge in [-0.05, 0) is 0 Å². The second kappa shape index (κ2) is 1.94. The zero-order valence-electron chi connectivity index (χ0n) is 6.25. The first-order valence-electron chi connectivity index (χ1n) is 3.50. The van der Waals surface area contributed by atoms with Crippen LogP contribution < -0.4 is 11.0 Å². The Kier molecular flexibility index (Phi) is 0.950. The number of hydrogen-bond donors (Lipinski definition) is 0. The van der Waals surface area contributed by atoms with Crippen LogP contribution in [-0.2, 0) is 0 Å². The van der Waals surface area contributed by atoms with Crippen molar-refractivity contribution in [2.45, 2.75) is 0 Å². The highest BCUT2D eigenvalue weighted by atomic mass is 16.1. The molecule has 0 aromatic carbocycles. The maximum Gasteiger partial charge on any atom is 0.372 e. The van der Waals surface area contributed by atoms with Crippen molar-refractivity contribution in [2.24, 2.45) is 9.98 Å². The molecule has 2 aromatic rings. The molecule has 0 radical (unpaired) electrons. The van der Waals surface area contributed by atoms with E-state index in [-0.39, 0.29) is 0 Å². The van der Waals surface area contributed by atoms with E-state index in [2.05, 4.69) is 25.1 Å². The van der Waals surface area contributed by atoms with E-state index in [1.807, 2.05) is 0 Å². The van der Waals surface area contributed by atoms with Crippen molar-refractivity contribution < 1.29 is 0 Å². The van der Waals surface area contributed by atoms with Crippen LogP contribution in [0.3, 0.4) is 0 Å². The van der Waals surface area contributed by atoms with Gasteiger partial charge < -0.3 is 0 Å². The van der Waals surface area contributed by atoms with Crippen molar-refractivity contribution >= 4 is 17.8 Å². The van der Waals surface area contributed by atoms with E-state index in [0.29, 0.717) is 16.8 Å². The van der Waals surface area contributed by atoms with Crippen molar-refractivity contribution in [3.05, 3.63) is 22.2 Å². The third kappa shape index (κ3) is 0.675. The lowest BCUT2D eigenvalue weighted by Gasteiger charge is -1.88. The van der Waals surface area contributed by atoms with Crippen LogP contribution in [0.1, 0.15) is 0 Å². The first-order chi connectivity index (χ1) is 6.36. The fourth-order valence-electron chi connectivity index (χ4n) is 1.18. The Balaban J connectivity index is 2.73. The molecule has 0 spiro atoms. The Bertz CT molecular complexity index is 626. The van der Waals surface area contributed by atoms with Gasteiger partial charge in [0.25, 0.3) is 0 Å². The van der Waals surface area contributed by atoms with Gasteiger partial charge in [-0.25, -0.2) is 19.8 Å². The van der Waals surface area contributed by atoms with Crippen molar-refractivity contribution in [2.75, 3.05) is 0 Å². The van der Waals surface area contributed by atoms with Crippen LogP contribution in [0.5, 0.6) is 0 Å². The van der Waals surface area contributed by atoms with Crippen LogP contribution in [0.15, 0.2) is 21.1 Å². The highest BCUT2D eigenvalue weighted by Crippen LogP contribution is 2.01. The molecule has 2 aromatic heterocycles. The number of aliphatic imine (C=N–C) groups is 1. The molecule has 0 saturated heterocycles. The van der Waals surface area contributed by atoms with Gasteiger partial charge in [0.2, 0.25) is 0 Å². The second-order valence-corrected chi connectivity index (χ2v) is 2.44. The smallest absolute Gasteiger partial charge is 0.243 e. The van der Waals surface area contributed by atoms with Gasteiger partial charge in [0.1, 0.15) is 12.7 Å². The van der Waals surface area contributed by atoms with Crippen molar-refractivity contribution in [1.29, 1.82) is 0 Å². The summed E-state index contributed by atoms with van der Waals surface area (Å²) in [5, 5.41) is 4.21. The van der Waals surface area contributed by atoms with Crippen LogP contribution in [0.2, 0.25) is 0 Å². The Morgan fingerprint density at radius 2 is 2.31 bits per heavy atom. The summed E-state index contributed by atoms with van der Waals surface area (Å²) in [6.07, 6.45) is 2.62. The van der Waals surface area contributed by atoms with E-state index < -0.39 is 5.69 Å². The summed E-state index contributed by atoms with van der Waals surface area (Å²) in [5.41, 5.74) is -0.0898. The lowest BCUT2D eigenvalue weighted by atomic mass is 10.5. The van der Waals surface area contributed by atoms with Crippen molar-refractivity contribution in [1.82, 2.24) is 19.6 Å². The average Bonchev–Trinajstić information content (AvgIpc) is 2.66. The van der Waals surface area contributed by atoms with Gasteiger partial charge in [0.05, 0.1) is 0 Å². The number of fused-ring (bicyclic) bond motifs is 3. The SMILES string of the molecule is O=c1nc2c(c3ncnn13)=NC=N2. The van der Waals surface area contributed by atoms with Gasteiger partial charge in [-0.15, -0.1) is 0 Å². The van der Waals surface area contributed by atoms with Crippen LogP contribution in [0.25, 0.3) is 5.65 Å². The molecule has 0 fully saturated rings. The number of aromatic nitrogens is 4. The fraction of sp³-hybridized carbons (Fsp3) is 0. The van der Waals surface area contributed by atoms with Crippen molar-refractivity contribution in [3.8, 4) is 0 Å². The number of rotatable bonds is 0. The summed E-state index contributed by atoms with van der Waals surface area (Å²) < 4.78 is 1.09. The minimum Gasteiger partial charge on any atom is -0.243 e. The summed E-state index contributed by atoms with van der Waals surface area (Å²) in [4.78, 5) is 26.5. The largest absolute Gasteiger partial charge is 0.372 e. The van der Waals surface area contributed by atoms with E-state index >= 15 is 0 Å². The molecule has 1 aliphatic heterocycles. The molecule has 13 heavy (non-hydrogen) atoms. The normalized spacial score (nSPS) is 13.2. The van der Waals surface area contributed by atoms with E-state index in [0.717, 1.165) is 4.52 Å². The van der Waals surface area contributed by atoms with Gasteiger partial charge in [-0.1, -0.05) is 0 Å². The summed E-state index contributed by atoms with van der Waals surface area (Å²) in [7, 11) is 0. The Morgan fingerprint density at radius 1 is 1.38 bits per heavy atom. The van der Waals surface area contributed by atoms with Gasteiger partial charge in [-0.3, -0.25) is 0 Å². The summed E-state index contributed by atoms with van der Waals surface area (Å²) in [6, 6.07) is 0. The van der Waals surface area contributed by atoms with Crippen LogP contribution in [0.4, 0.5) is 5.82 Å². The molecule has 7 heteroatoms. The molecule has 7 nitrogen and oxygen atoms in total. The van der Waals surface area contributed by atoms with Gasteiger partial charge >= 0.3 is 5.69 Å². The maximum atomic E-state index is 11.2. The summed E-state index contributed by atoms with van der Waals surface area (Å²) >= 11 is 0. The molecule has 0 bridgehead atoms. The van der Waals surface area contributed by atoms with Gasteiger partial charge in [0, 0.05) is 0 Å². The predicted octanol–water partition coefficient (Wildman–Crippen LogP) is -1.50. The maximum absolute atomic E-state index is 11.2. The molecule has 0 saturated carbocycles. The molecular weight excluding hydrogens is 172 g/mol. The Hall–Kier alpha value is -2.18. The molecule has 1 aliphatic rings. The van der Waals surface area contributed by atoms with Gasteiger partial charge in [-0.2, -0.15) is 14.6 Å². The predicted molar refractivity (Wildman–Crippen MR) is 42.0 cm³/mol. The Labute approximate surface area is 70.5 Å². The minimum absolute atomic E-state index is 0.311.